The number of aliphatic imine (C=N–C) groups is 1. The summed E-state index contributed by atoms with van der Waals surface area (Å²) in [7, 11) is 0. The fourth-order valence-electron chi connectivity index (χ4n) is 1.51. The van der Waals surface area contributed by atoms with Crippen LogP contribution in [0.4, 0.5) is 4.39 Å². The van der Waals surface area contributed by atoms with Gasteiger partial charge < -0.3 is 10.6 Å². The number of rotatable bonds is 5. The van der Waals surface area contributed by atoms with Gasteiger partial charge in [0.15, 0.2) is 5.96 Å². The molecule has 0 spiro atoms. The highest BCUT2D eigenvalue weighted by molar-refractivity contribution is 14.0. The maximum atomic E-state index is 13.2. The highest BCUT2D eigenvalue weighted by atomic mass is 127. The molecule has 6 heteroatoms. The first kappa shape index (κ1) is 19.1. The van der Waals surface area contributed by atoms with Crippen molar-refractivity contribution in [3.63, 3.8) is 0 Å². The second kappa shape index (κ2) is 10.8. The van der Waals surface area contributed by atoms with Crippen LogP contribution in [0.5, 0.6) is 0 Å². The average molecular weight is 407 g/mol. The summed E-state index contributed by atoms with van der Waals surface area (Å²) in [6.07, 6.45) is 7.16. The monoisotopic (exact) mass is 407 g/mol. The van der Waals surface area contributed by atoms with Gasteiger partial charge in [0.2, 0.25) is 0 Å². The Balaban J connectivity index is 0.00000361. The third-order valence-electron chi connectivity index (χ3n) is 2.35. The maximum absolute atomic E-state index is 13.2. The molecule has 1 aromatic rings. The van der Waals surface area contributed by atoms with Crippen LogP contribution in [0.1, 0.15) is 12.5 Å². The second-order valence-corrected chi connectivity index (χ2v) is 4.56. The van der Waals surface area contributed by atoms with Crippen molar-refractivity contribution in [2.45, 2.75) is 18.4 Å². The number of nitrogens with one attached hydrogen (secondary N) is 2. The quantitative estimate of drug-likeness (QED) is 0.259. The standard InChI is InChI=1S/C14H18FN3S.HI/c1-4-8-17-14(16-5-2)18-10-11-9-12(15)6-7-13(11)19-3;/h1,6-7,9H,5,8,10H2,2-3H3,(H2,16,17,18);1H. The lowest BCUT2D eigenvalue weighted by Crippen LogP contribution is -2.37. The van der Waals surface area contributed by atoms with Crippen LogP contribution >= 0.6 is 35.7 Å². The van der Waals surface area contributed by atoms with Crippen LogP contribution < -0.4 is 10.6 Å². The normalized spacial score (nSPS) is 10.4. The predicted molar refractivity (Wildman–Crippen MR) is 95.2 cm³/mol. The Labute approximate surface area is 141 Å². The van der Waals surface area contributed by atoms with Gasteiger partial charge in [0, 0.05) is 11.4 Å². The molecule has 1 aromatic carbocycles. The first-order valence-corrected chi connectivity index (χ1v) is 7.21. The molecule has 1 rings (SSSR count). The smallest absolute Gasteiger partial charge is 0.192 e. The SMILES string of the molecule is C#CCNC(=NCc1cc(F)ccc1SC)NCC.I. The largest absolute Gasteiger partial charge is 0.357 e. The van der Waals surface area contributed by atoms with E-state index in [1.807, 2.05) is 13.2 Å². The van der Waals surface area contributed by atoms with Gasteiger partial charge in [-0.1, -0.05) is 5.92 Å². The fourth-order valence-corrected chi connectivity index (χ4v) is 2.10. The minimum atomic E-state index is -0.246. The topological polar surface area (TPSA) is 36.4 Å². The summed E-state index contributed by atoms with van der Waals surface area (Å²) in [5.74, 6) is 2.88. The molecule has 0 atom stereocenters. The van der Waals surface area contributed by atoms with Crippen molar-refractivity contribution in [3.8, 4) is 12.3 Å². The van der Waals surface area contributed by atoms with Crippen molar-refractivity contribution in [2.24, 2.45) is 4.99 Å². The van der Waals surface area contributed by atoms with Crippen molar-refractivity contribution in [2.75, 3.05) is 19.3 Å². The van der Waals surface area contributed by atoms with Crippen molar-refractivity contribution < 1.29 is 4.39 Å². The minimum absolute atomic E-state index is 0. The van der Waals surface area contributed by atoms with Crippen LogP contribution in [0.3, 0.4) is 0 Å². The van der Waals surface area contributed by atoms with Crippen LogP contribution in [-0.4, -0.2) is 25.3 Å². The molecular weight excluding hydrogens is 388 g/mol. The zero-order valence-electron chi connectivity index (χ0n) is 11.6. The summed E-state index contributed by atoms with van der Waals surface area (Å²) in [5, 5.41) is 6.08. The van der Waals surface area contributed by atoms with E-state index in [2.05, 4.69) is 21.5 Å². The molecule has 20 heavy (non-hydrogen) atoms. The van der Waals surface area contributed by atoms with E-state index in [1.165, 1.54) is 12.1 Å². The van der Waals surface area contributed by atoms with Crippen LogP contribution in [0.2, 0.25) is 0 Å². The van der Waals surface area contributed by atoms with E-state index in [9.17, 15) is 4.39 Å². The third kappa shape index (κ3) is 6.48. The molecule has 0 aliphatic heterocycles. The third-order valence-corrected chi connectivity index (χ3v) is 3.19. The molecule has 0 saturated carbocycles. The van der Waals surface area contributed by atoms with Gasteiger partial charge in [0.1, 0.15) is 5.82 Å². The first-order valence-electron chi connectivity index (χ1n) is 5.99. The van der Waals surface area contributed by atoms with Crippen LogP contribution in [0.15, 0.2) is 28.1 Å². The van der Waals surface area contributed by atoms with Crippen LogP contribution in [0, 0.1) is 18.2 Å². The number of benzene rings is 1. The molecule has 0 saturated heterocycles. The summed E-state index contributed by atoms with van der Waals surface area (Å²) < 4.78 is 13.2. The van der Waals surface area contributed by atoms with Gasteiger partial charge >= 0.3 is 0 Å². The van der Waals surface area contributed by atoms with E-state index in [1.54, 1.807) is 17.8 Å². The predicted octanol–water partition coefficient (Wildman–Crippen LogP) is 2.85. The van der Waals surface area contributed by atoms with Gasteiger partial charge in [0.25, 0.3) is 0 Å². The first-order chi connectivity index (χ1) is 9.21. The van der Waals surface area contributed by atoms with Gasteiger partial charge in [-0.05, 0) is 36.9 Å². The Hall–Kier alpha value is -0.940. The Morgan fingerprint density at radius 3 is 2.80 bits per heavy atom. The number of hydrogen-bond donors (Lipinski definition) is 2. The van der Waals surface area contributed by atoms with Crippen molar-refractivity contribution in [1.29, 1.82) is 0 Å². The zero-order chi connectivity index (χ0) is 14.1. The number of thioether (sulfide) groups is 1. The van der Waals surface area contributed by atoms with Gasteiger partial charge in [-0.2, -0.15) is 0 Å². The van der Waals surface area contributed by atoms with E-state index >= 15 is 0 Å². The summed E-state index contributed by atoms with van der Waals surface area (Å²) in [6, 6.07) is 4.74. The lowest BCUT2D eigenvalue weighted by Gasteiger charge is -2.10. The Morgan fingerprint density at radius 2 is 2.20 bits per heavy atom. The molecule has 0 heterocycles. The van der Waals surface area contributed by atoms with Crippen molar-refractivity contribution in [3.05, 3.63) is 29.6 Å². The summed E-state index contributed by atoms with van der Waals surface area (Å²) in [5.41, 5.74) is 0.866. The van der Waals surface area contributed by atoms with E-state index in [0.29, 0.717) is 19.0 Å². The molecule has 0 radical (unpaired) electrons. The lowest BCUT2D eigenvalue weighted by atomic mass is 10.2. The van der Waals surface area contributed by atoms with Gasteiger partial charge in [0.05, 0.1) is 13.1 Å². The highest BCUT2D eigenvalue weighted by Gasteiger charge is 2.03. The lowest BCUT2D eigenvalue weighted by molar-refractivity contribution is 0.623. The molecule has 2 N–H and O–H groups in total. The molecule has 0 aromatic heterocycles. The Bertz CT molecular complexity index is 486. The summed E-state index contributed by atoms with van der Waals surface area (Å²) >= 11 is 1.58. The highest BCUT2D eigenvalue weighted by Crippen LogP contribution is 2.21. The Morgan fingerprint density at radius 1 is 1.45 bits per heavy atom. The van der Waals surface area contributed by atoms with Crippen molar-refractivity contribution in [1.82, 2.24) is 10.6 Å². The van der Waals surface area contributed by atoms with Crippen LogP contribution in [-0.2, 0) is 6.54 Å². The van der Waals surface area contributed by atoms with Gasteiger partial charge in [-0.25, -0.2) is 9.38 Å². The summed E-state index contributed by atoms with van der Waals surface area (Å²) in [4.78, 5) is 5.42. The average Bonchev–Trinajstić information content (AvgIpc) is 2.42. The molecule has 110 valence electrons. The molecule has 0 aliphatic carbocycles. The molecular formula is C14H19FIN3S. The molecule has 0 aliphatic rings. The molecule has 0 amide bonds. The van der Waals surface area contributed by atoms with E-state index in [4.69, 9.17) is 6.42 Å². The Kier molecular flexibility index (Phi) is 10.3. The van der Waals surface area contributed by atoms with Crippen LogP contribution in [0.25, 0.3) is 0 Å². The van der Waals surface area contributed by atoms with Gasteiger partial charge in [-0.15, -0.1) is 42.2 Å². The molecule has 0 fully saturated rings. The van der Waals surface area contributed by atoms with E-state index in [-0.39, 0.29) is 29.8 Å². The summed E-state index contributed by atoms with van der Waals surface area (Å²) in [6.45, 7) is 3.54. The number of guanidine groups is 1. The molecule has 0 unspecified atom stereocenters. The number of nitrogens with zero attached hydrogens (tertiary/aromatic N) is 1. The van der Waals surface area contributed by atoms with E-state index < -0.39 is 0 Å². The minimum Gasteiger partial charge on any atom is -0.357 e. The molecule has 0 bridgehead atoms. The molecule has 3 nitrogen and oxygen atoms in total. The zero-order valence-corrected chi connectivity index (χ0v) is 14.7. The fraction of sp³-hybridized carbons (Fsp3) is 0.357. The van der Waals surface area contributed by atoms with Gasteiger partial charge in [-0.3, -0.25) is 0 Å². The second-order valence-electron chi connectivity index (χ2n) is 3.71. The maximum Gasteiger partial charge on any atom is 0.192 e. The van der Waals surface area contributed by atoms with Crippen molar-refractivity contribution >= 4 is 41.7 Å². The number of terminal acetylenes is 1. The number of hydrogen-bond acceptors (Lipinski definition) is 2. The van der Waals surface area contributed by atoms with E-state index in [0.717, 1.165) is 17.0 Å². The number of halogens is 2.